The Morgan fingerprint density at radius 2 is 1.50 bits per heavy atom. The number of hydrogen-bond donors (Lipinski definition) is 2. The second-order valence-corrected chi connectivity index (χ2v) is 5.18. The van der Waals surface area contributed by atoms with Crippen LogP contribution in [0.1, 0.15) is 0 Å². The van der Waals surface area contributed by atoms with E-state index in [0.29, 0.717) is 3.53 Å². The van der Waals surface area contributed by atoms with E-state index in [1.54, 1.807) is 0 Å². The van der Waals surface area contributed by atoms with Crippen LogP contribution in [0.3, 0.4) is 0 Å². The van der Waals surface area contributed by atoms with Crippen LogP contribution in [0.25, 0.3) is 0 Å². The molecule has 0 amide bonds. The molecule has 0 aliphatic carbocycles. The molecule has 0 aliphatic rings. The zero-order valence-electron chi connectivity index (χ0n) is 6.34. The first kappa shape index (κ1) is 12.2. The van der Waals surface area contributed by atoms with E-state index in [1.807, 2.05) is 0 Å². The molecule has 0 radical (unpaired) electrons. The highest BCUT2D eigenvalue weighted by Crippen LogP contribution is 2.24. The van der Waals surface area contributed by atoms with Crippen LogP contribution in [0.4, 0.5) is 0 Å². The molecule has 12 heavy (non-hydrogen) atoms. The summed E-state index contributed by atoms with van der Waals surface area (Å²) in [6, 6.07) is 0. The van der Waals surface area contributed by atoms with E-state index in [2.05, 4.69) is 13.2 Å². The highest BCUT2D eigenvalue weighted by molar-refractivity contribution is 8.47. The lowest BCUT2D eigenvalue weighted by atomic mass is 10.7. The summed E-state index contributed by atoms with van der Waals surface area (Å²) < 4.78 is 0.467. The van der Waals surface area contributed by atoms with Gasteiger partial charge in [0, 0.05) is 0 Å². The van der Waals surface area contributed by atoms with E-state index in [1.165, 1.54) is 12.2 Å². The highest BCUT2D eigenvalue weighted by Gasteiger charge is 2.08. The van der Waals surface area contributed by atoms with E-state index in [9.17, 15) is 0 Å². The van der Waals surface area contributed by atoms with Crippen LogP contribution in [-0.4, -0.2) is 24.6 Å². The molecule has 0 bridgehead atoms. The fourth-order valence-corrected chi connectivity index (χ4v) is 2.31. The standard InChI is InChI=1S/C7H10O2S3/c1-3-5(8)11-7(10)12-6(9)4-2/h3-6,8-9H,1-2H2. The molecule has 5 heteroatoms. The van der Waals surface area contributed by atoms with Gasteiger partial charge in [0.1, 0.15) is 14.4 Å². The fourth-order valence-electron chi connectivity index (χ4n) is 0.321. The van der Waals surface area contributed by atoms with Crippen molar-refractivity contribution in [2.45, 2.75) is 10.9 Å². The molecule has 0 heterocycles. The average molecular weight is 222 g/mol. The SMILES string of the molecule is C=CC(O)SC(=S)SC(O)C=C. The van der Waals surface area contributed by atoms with Crippen molar-refractivity contribution >= 4 is 39.3 Å². The maximum atomic E-state index is 9.05. The second kappa shape index (κ2) is 6.68. The summed E-state index contributed by atoms with van der Waals surface area (Å²) in [5.74, 6) is 0. The largest absolute Gasteiger partial charge is 0.378 e. The Morgan fingerprint density at radius 1 is 1.17 bits per heavy atom. The third-order valence-corrected chi connectivity index (χ3v) is 3.24. The van der Waals surface area contributed by atoms with Crippen LogP contribution >= 0.6 is 35.7 Å². The molecule has 2 unspecified atom stereocenters. The molecular weight excluding hydrogens is 212 g/mol. The third kappa shape index (κ3) is 5.79. The van der Waals surface area contributed by atoms with Gasteiger partial charge < -0.3 is 10.2 Å². The maximum Gasteiger partial charge on any atom is 0.123 e. The molecule has 68 valence electrons. The van der Waals surface area contributed by atoms with Crippen LogP contribution in [0.5, 0.6) is 0 Å². The van der Waals surface area contributed by atoms with Gasteiger partial charge in [0.05, 0.1) is 0 Å². The van der Waals surface area contributed by atoms with Crippen molar-refractivity contribution < 1.29 is 10.2 Å². The molecule has 0 aromatic carbocycles. The second-order valence-electron chi connectivity index (χ2n) is 1.74. The smallest absolute Gasteiger partial charge is 0.123 e. The van der Waals surface area contributed by atoms with E-state index < -0.39 is 10.9 Å². The molecule has 0 aromatic rings. The van der Waals surface area contributed by atoms with Crippen molar-refractivity contribution in [3.8, 4) is 0 Å². The van der Waals surface area contributed by atoms with E-state index >= 15 is 0 Å². The van der Waals surface area contributed by atoms with E-state index in [4.69, 9.17) is 22.4 Å². The molecule has 0 fully saturated rings. The summed E-state index contributed by atoms with van der Waals surface area (Å²) in [5, 5.41) is 18.1. The highest BCUT2D eigenvalue weighted by atomic mass is 32.2. The van der Waals surface area contributed by atoms with E-state index in [0.717, 1.165) is 23.5 Å². The number of aliphatic hydroxyl groups is 2. The van der Waals surface area contributed by atoms with Gasteiger partial charge in [-0.15, -0.1) is 0 Å². The third-order valence-electron chi connectivity index (χ3n) is 0.837. The predicted molar refractivity (Wildman–Crippen MR) is 60.2 cm³/mol. The van der Waals surface area contributed by atoms with Gasteiger partial charge in [-0.25, -0.2) is 0 Å². The van der Waals surface area contributed by atoms with Gasteiger partial charge >= 0.3 is 0 Å². The Kier molecular flexibility index (Phi) is 6.78. The number of thiocarbonyl (C=S) groups is 1. The summed E-state index contributed by atoms with van der Waals surface area (Å²) in [6.45, 7) is 6.78. The lowest BCUT2D eigenvalue weighted by Gasteiger charge is -2.07. The lowest BCUT2D eigenvalue weighted by molar-refractivity contribution is 0.311. The first-order valence-corrected chi connectivity index (χ1v) is 5.25. The molecule has 2 atom stereocenters. The van der Waals surface area contributed by atoms with Crippen molar-refractivity contribution in [1.29, 1.82) is 0 Å². The minimum absolute atomic E-state index is 0.467. The van der Waals surface area contributed by atoms with Gasteiger partial charge in [-0.3, -0.25) is 0 Å². The van der Waals surface area contributed by atoms with Crippen molar-refractivity contribution in [2.75, 3.05) is 0 Å². The fraction of sp³-hybridized carbons (Fsp3) is 0.286. The molecule has 0 aliphatic heterocycles. The number of aliphatic hydroxyl groups excluding tert-OH is 2. The van der Waals surface area contributed by atoms with Crippen LogP contribution in [0.2, 0.25) is 0 Å². The number of thioether (sulfide) groups is 2. The topological polar surface area (TPSA) is 40.5 Å². The maximum absolute atomic E-state index is 9.05. The first-order valence-electron chi connectivity index (χ1n) is 3.08. The molecular formula is C7H10O2S3. The molecule has 2 nitrogen and oxygen atoms in total. The Labute approximate surface area is 85.7 Å². The lowest BCUT2D eigenvalue weighted by Crippen LogP contribution is -2.02. The molecule has 0 spiro atoms. The number of rotatable bonds is 4. The summed E-state index contributed by atoms with van der Waals surface area (Å²) in [4.78, 5) is 0. The Bertz CT molecular complexity index is 163. The van der Waals surface area contributed by atoms with Crippen molar-refractivity contribution in [2.24, 2.45) is 0 Å². The summed E-state index contributed by atoms with van der Waals surface area (Å²) in [5.41, 5.74) is -1.41. The summed E-state index contributed by atoms with van der Waals surface area (Å²) in [7, 11) is 0. The molecule has 0 saturated heterocycles. The molecule has 0 rings (SSSR count). The van der Waals surface area contributed by atoms with Gasteiger partial charge in [-0.2, -0.15) is 0 Å². The van der Waals surface area contributed by atoms with Gasteiger partial charge in [0.25, 0.3) is 0 Å². The van der Waals surface area contributed by atoms with Gasteiger partial charge in [0.15, 0.2) is 0 Å². The minimum atomic E-state index is -0.706. The monoisotopic (exact) mass is 222 g/mol. The van der Waals surface area contributed by atoms with E-state index in [-0.39, 0.29) is 0 Å². The summed E-state index contributed by atoms with van der Waals surface area (Å²) >= 11 is 6.98. The quantitative estimate of drug-likeness (QED) is 0.431. The molecule has 0 saturated carbocycles. The predicted octanol–water partition coefficient (Wildman–Crippen LogP) is 1.75. The Balaban J connectivity index is 3.73. The van der Waals surface area contributed by atoms with Crippen molar-refractivity contribution in [3.05, 3.63) is 25.3 Å². The van der Waals surface area contributed by atoms with Gasteiger partial charge in [-0.05, 0) is 0 Å². The normalized spacial score (nSPS) is 14.8. The van der Waals surface area contributed by atoms with Gasteiger partial charge in [-0.1, -0.05) is 61.1 Å². The van der Waals surface area contributed by atoms with Gasteiger partial charge in [0.2, 0.25) is 0 Å². The minimum Gasteiger partial charge on any atom is -0.378 e. The Morgan fingerprint density at radius 3 is 1.75 bits per heavy atom. The van der Waals surface area contributed by atoms with Crippen molar-refractivity contribution in [1.82, 2.24) is 0 Å². The van der Waals surface area contributed by atoms with Crippen LogP contribution < -0.4 is 0 Å². The number of hydrogen-bond acceptors (Lipinski definition) is 5. The molecule has 0 aromatic heterocycles. The van der Waals surface area contributed by atoms with Crippen LogP contribution in [0, 0.1) is 0 Å². The van der Waals surface area contributed by atoms with Crippen molar-refractivity contribution in [3.63, 3.8) is 0 Å². The Hall–Kier alpha value is 0.190. The zero-order chi connectivity index (χ0) is 9.56. The molecule has 2 N–H and O–H groups in total. The van der Waals surface area contributed by atoms with Crippen LogP contribution in [-0.2, 0) is 0 Å². The average Bonchev–Trinajstić information content (AvgIpc) is 2.03. The first-order chi connectivity index (χ1) is 5.60. The summed E-state index contributed by atoms with van der Waals surface area (Å²) in [6.07, 6.45) is 2.75. The zero-order valence-corrected chi connectivity index (χ0v) is 8.79. The van der Waals surface area contributed by atoms with Crippen LogP contribution in [0.15, 0.2) is 25.3 Å².